The number of nitrogens with one attached hydrogen (secondary N) is 2. The van der Waals surface area contributed by atoms with Crippen LogP contribution in [0.2, 0.25) is 0 Å². The van der Waals surface area contributed by atoms with Crippen LogP contribution >= 0.6 is 0 Å². The third-order valence-electron chi connectivity index (χ3n) is 2.38. The van der Waals surface area contributed by atoms with Gasteiger partial charge >= 0.3 is 0 Å². The van der Waals surface area contributed by atoms with Crippen molar-refractivity contribution in [1.82, 2.24) is 20.8 Å². The van der Waals surface area contributed by atoms with Gasteiger partial charge in [-0.05, 0) is 6.42 Å². The molecular formula is C9H14N4O2. The Hall–Kier alpha value is -1.43. The molecule has 0 aliphatic carbocycles. The van der Waals surface area contributed by atoms with E-state index in [4.69, 9.17) is 4.52 Å². The zero-order chi connectivity index (χ0) is 10.7. The van der Waals surface area contributed by atoms with E-state index in [0.717, 1.165) is 6.42 Å². The van der Waals surface area contributed by atoms with Gasteiger partial charge in [-0.15, -0.1) is 0 Å². The lowest BCUT2D eigenvalue weighted by molar-refractivity contribution is -0.122. The number of hydrogen-bond donors (Lipinski definition) is 2. The lowest BCUT2D eigenvalue weighted by atomic mass is 10.1. The minimum atomic E-state index is 0.128. The van der Waals surface area contributed by atoms with E-state index in [1.807, 2.05) is 0 Å². The fourth-order valence-electron chi connectivity index (χ4n) is 1.56. The van der Waals surface area contributed by atoms with Crippen LogP contribution in [-0.2, 0) is 11.3 Å². The Bertz CT molecular complexity index is 340. The van der Waals surface area contributed by atoms with E-state index in [1.165, 1.54) is 0 Å². The molecule has 0 saturated carbocycles. The highest BCUT2D eigenvalue weighted by Gasteiger charge is 2.17. The van der Waals surface area contributed by atoms with Gasteiger partial charge in [0.05, 0.1) is 6.54 Å². The normalized spacial score (nSPS) is 21.4. The fraction of sp³-hybridized carbons (Fsp3) is 0.667. The summed E-state index contributed by atoms with van der Waals surface area (Å²) in [7, 11) is 0. The first-order valence-electron chi connectivity index (χ1n) is 5.03. The summed E-state index contributed by atoms with van der Waals surface area (Å²) in [6, 6.07) is 0.307. The highest BCUT2D eigenvalue weighted by molar-refractivity contribution is 5.76. The number of aryl methyl sites for hydroxylation is 1. The predicted octanol–water partition coefficient (Wildman–Crippen LogP) is -0.254. The first-order chi connectivity index (χ1) is 7.24. The Kier molecular flexibility index (Phi) is 2.96. The lowest BCUT2D eigenvalue weighted by Crippen LogP contribution is -2.45. The highest BCUT2D eigenvalue weighted by atomic mass is 16.5. The molecule has 0 bridgehead atoms. The van der Waals surface area contributed by atoms with Crippen LogP contribution in [0, 0.1) is 6.92 Å². The van der Waals surface area contributed by atoms with Crippen molar-refractivity contribution in [2.24, 2.45) is 0 Å². The molecule has 0 spiro atoms. The molecule has 2 heterocycles. The first-order valence-corrected chi connectivity index (χ1v) is 5.03. The van der Waals surface area contributed by atoms with Crippen LogP contribution in [0.4, 0.5) is 0 Å². The number of aromatic nitrogens is 2. The van der Waals surface area contributed by atoms with Gasteiger partial charge in [-0.3, -0.25) is 4.79 Å². The smallest absolute Gasteiger partial charge is 0.223 e. The van der Waals surface area contributed by atoms with Crippen molar-refractivity contribution in [3.8, 4) is 0 Å². The maximum Gasteiger partial charge on any atom is 0.223 e. The Labute approximate surface area is 87.4 Å². The van der Waals surface area contributed by atoms with Gasteiger partial charge in [-0.25, -0.2) is 0 Å². The molecule has 2 N–H and O–H groups in total. The second kappa shape index (κ2) is 4.39. The molecule has 1 fully saturated rings. The molecule has 1 aliphatic heterocycles. The Morgan fingerprint density at radius 3 is 3.13 bits per heavy atom. The maximum absolute atomic E-state index is 10.9. The number of rotatable bonds is 3. The second-order valence-corrected chi connectivity index (χ2v) is 3.65. The second-order valence-electron chi connectivity index (χ2n) is 3.65. The van der Waals surface area contributed by atoms with E-state index in [2.05, 4.69) is 20.8 Å². The molecule has 15 heavy (non-hydrogen) atoms. The number of hydrogen-bond acceptors (Lipinski definition) is 5. The van der Waals surface area contributed by atoms with Crippen LogP contribution in [0.25, 0.3) is 0 Å². The maximum atomic E-state index is 10.9. The Morgan fingerprint density at radius 1 is 1.67 bits per heavy atom. The molecule has 1 saturated heterocycles. The third-order valence-corrected chi connectivity index (χ3v) is 2.38. The van der Waals surface area contributed by atoms with Gasteiger partial charge in [0.25, 0.3) is 0 Å². The van der Waals surface area contributed by atoms with Gasteiger partial charge in [0.2, 0.25) is 11.8 Å². The average Bonchev–Trinajstić information content (AvgIpc) is 2.64. The topological polar surface area (TPSA) is 80.0 Å². The summed E-state index contributed by atoms with van der Waals surface area (Å²) >= 11 is 0. The molecule has 0 radical (unpaired) electrons. The quantitative estimate of drug-likeness (QED) is 0.719. The Balaban J connectivity index is 1.76. The van der Waals surface area contributed by atoms with E-state index >= 15 is 0 Å². The standard InChI is InChI=1S/C9H14N4O2/c1-6-12-8(13-15-6)5-10-7-2-3-9(14)11-4-7/h7,10H,2-5H2,1H3,(H,11,14). The number of carbonyl (C=O) groups is 1. The van der Waals surface area contributed by atoms with E-state index < -0.39 is 0 Å². The van der Waals surface area contributed by atoms with Crippen LogP contribution in [-0.4, -0.2) is 28.6 Å². The number of piperidine rings is 1. The SMILES string of the molecule is Cc1nc(CNC2CCC(=O)NC2)no1. The van der Waals surface area contributed by atoms with E-state index in [0.29, 0.717) is 37.3 Å². The van der Waals surface area contributed by atoms with Gasteiger partial charge in [0.1, 0.15) is 0 Å². The van der Waals surface area contributed by atoms with Crippen molar-refractivity contribution in [3.63, 3.8) is 0 Å². The Morgan fingerprint density at radius 2 is 2.53 bits per heavy atom. The molecule has 82 valence electrons. The highest BCUT2D eigenvalue weighted by Crippen LogP contribution is 2.03. The molecule has 1 unspecified atom stereocenters. The summed E-state index contributed by atoms with van der Waals surface area (Å²) in [6.07, 6.45) is 1.45. The van der Waals surface area contributed by atoms with Crippen LogP contribution < -0.4 is 10.6 Å². The van der Waals surface area contributed by atoms with Crippen molar-refractivity contribution in [1.29, 1.82) is 0 Å². The van der Waals surface area contributed by atoms with Gasteiger partial charge < -0.3 is 15.2 Å². The van der Waals surface area contributed by atoms with E-state index in [9.17, 15) is 4.79 Å². The molecular weight excluding hydrogens is 196 g/mol. The van der Waals surface area contributed by atoms with Crippen LogP contribution in [0.3, 0.4) is 0 Å². The van der Waals surface area contributed by atoms with Crippen LogP contribution in [0.1, 0.15) is 24.6 Å². The van der Waals surface area contributed by atoms with Crippen molar-refractivity contribution in [2.75, 3.05) is 6.54 Å². The predicted molar refractivity (Wildman–Crippen MR) is 51.9 cm³/mol. The molecule has 1 aromatic rings. The molecule has 0 aromatic carbocycles. The van der Waals surface area contributed by atoms with Crippen LogP contribution in [0.5, 0.6) is 0 Å². The zero-order valence-corrected chi connectivity index (χ0v) is 8.62. The summed E-state index contributed by atoms with van der Waals surface area (Å²) in [5.41, 5.74) is 0. The monoisotopic (exact) mass is 210 g/mol. The molecule has 1 amide bonds. The van der Waals surface area contributed by atoms with Crippen LogP contribution in [0.15, 0.2) is 4.52 Å². The van der Waals surface area contributed by atoms with Crippen molar-refractivity contribution in [2.45, 2.75) is 32.4 Å². The number of carbonyl (C=O) groups excluding carboxylic acids is 1. The third kappa shape index (κ3) is 2.76. The fourth-order valence-corrected chi connectivity index (χ4v) is 1.56. The molecule has 6 heteroatoms. The molecule has 1 aromatic heterocycles. The van der Waals surface area contributed by atoms with E-state index in [-0.39, 0.29) is 5.91 Å². The molecule has 6 nitrogen and oxygen atoms in total. The van der Waals surface area contributed by atoms with Gasteiger partial charge in [0, 0.05) is 25.9 Å². The zero-order valence-electron chi connectivity index (χ0n) is 8.62. The minimum Gasteiger partial charge on any atom is -0.355 e. The number of amides is 1. The largest absolute Gasteiger partial charge is 0.355 e. The van der Waals surface area contributed by atoms with E-state index in [1.54, 1.807) is 6.92 Å². The summed E-state index contributed by atoms with van der Waals surface area (Å²) in [6.45, 7) is 3.02. The molecule has 1 atom stereocenters. The summed E-state index contributed by atoms with van der Waals surface area (Å²) < 4.78 is 4.85. The van der Waals surface area contributed by atoms with Crippen molar-refractivity contribution >= 4 is 5.91 Å². The molecule has 1 aliphatic rings. The first kappa shape index (κ1) is 10.1. The molecule has 2 rings (SSSR count). The van der Waals surface area contributed by atoms with Crippen molar-refractivity contribution in [3.05, 3.63) is 11.7 Å². The number of nitrogens with zero attached hydrogens (tertiary/aromatic N) is 2. The average molecular weight is 210 g/mol. The summed E-state index contributed by atoms with van der Waals surface area (Å²) in [4.78, 5) is 15.0. The van der Waals surface area contributed by atoms with Gasteiger partial charge in [-0.1, -0.05) is 5.16 Å². The van der Waals surface area contributed by atoms with Gasteiger partial charge in [0.15, 0.2) is 5.82 Å². The van der Waals surface area contributed by atoms with Crippen molar-refractivity contribution < 1.29 is 9.32 Å². The summed E-state index contributed by atoms with van der Waals surface area (Å²) in [5, 5.41) is 9.86. The lowest BCUT2D eigenvalue weighted by Gasteiger charge is -2.22. The van der Waals surface area contributed by atoms with Gasteiger partial charge in [-0.2, -0.15) is 4.98 Å². The summed E-state index contributed by atoms with van der Waals surface area (Å²) in [5.74, 6) is 1.36. The minimum absolute atomic E-state index is 0.128.